The lowest BCUT2D eigenvalue weighted by Gasteiger charge is -2.37. The van der Waals surface area contributed by atoms with Gasteiger partial charge in [-0.1, -0.05) is 13.3 Å². The van der Waals surface area contributed by atoms with Gasteiger partial charge < -0.3 is 5.11 Å². The molecule has 0 aromatic heterocycles. The Bertz CT molecular complexity index is 335. The SMILES string of the molecule is CCNS(=O)(=O)NCC1(C(=O)O)CCC1. The first-order valence-electron chi connectivity index (χ1n) is 4.89. The third kappa shape index (κ3) is 2.90. The van der Waals surface area contributed by atoms with E-state index in [9.17, 15) is 13.2 Å². The molecule has 1 rings (SSSR count). The maximum Gasteiger partial charge on any atom is 0.310 e. The first-order valence-corrected chi connectivity index (χ1v) is 6.38. The minimum Gasteiger partial charge on any atom is -0.481 e. The van der Waals surface area contributed by atoms with Crippen LogP contribution in [0.1, 0.15) is 26.2 Å². The van der Waals surface area contributed by atoms with Crippen molar-refractivity contribution in [2.24, 2.45) is 5.41 Å². The summed E-state index contributed by atoms with van der Waals surface area (Å²) in [5.74, 6) is -0.923. The maximum atomic E-state index is 11.2. The van der Waals surface area contributed by atoms with E-state index in [1.807, 2.05) is 0 Å². The fourth-order valence-corrected chi connectivity index (χ4v) is 2.49. The van der Waals surface area contributed by atoms with E-state index in [0.29, 0.717) is 12.8 Å². The van der Waals surface area contributed by atoms with Crippen LogP contribution >= 0.6 is 0 Å². The molecule has 0 heterocycles. The number of hydrogen-bond acceptors (Lipinski definition) is 3. The van der Waals surface area contributed by atoms with Gasteiger partial charge in [-0.3, -0.25) is 4.79 Å². The van der Waals surface area contributed by atoms with Crippen LogP contribution in [0.5, 0.6) is 0 Å². The summed E-state index contributed by atoms with van der Waals surface area (Å²) >= 11 is 0. The summed E-state index contributed by atoms with van der Waals surface area (Å²) in [5, 5.41) is 8.96. The average Bonchev–Trinajstić information content (AvgIpc) is 2.00. The molecule has 6 nitrogen and oxygen atoms in total. The molecule has 1 aliphatic carbocycles. The molecule has 1 fully saturated rings. The second-order valence-electron chi connectivity index (χ2n) is 3.76. The summed E-state index contributed by atoms with van der Waals surface area (Å²) in [5.41, 5.74) is -0.886. The van der Waals surface area contributed by atoms with Crippen molar-refractivity contribution < 1.29 is 18.3 Å². The molecule has 15 heavy (non-hydrogen) atoms. The molecule has 3 N–H and O–H groups in total. The molecular formula is C8H16N2O4S. The van der Waals surface area contributed by atoms with E-state index in [-0.39, 0.29) is 13.1 Å². The number of carboxylic acid groups (broad SMARTS) is 1. The van der Waals surface area contributed by atoms with Crippen LogP contribution in [-0.2, 0) is 15.0 Å². The lowest BCUT2D eigenvalue weighted by Crippen LogP contribution is -2.49. The lowest BCUT2D eigenvalue weighted by atomic mass is 9.69. The molecule has 0 unspecified atom stereocenters. The van der Waals surface area contributed by atoms with Gasteiger partial charge in [0.15, 0.2) is 0 Å². The van der Waals surface area contributed by atoms with Gasteiger partial charge in [0.05, 0.1) is 5.41 Å². The smallest absolute Gasteiger partial charge is 0.310 e. The molecule has 0 bridgehead atoms. The summed E-state index contributed by atoms with van der Waals surface area (Å²) in [6.45, 7) is 1.92. The first kappa shape index (κ1) is 12.4. The van der Waals surface area contributed by atoms with E-state index in [1.165, 1.54) is 0 Å². The highest BCUT2D eigenvalue weighted by Crippen LogP contribution is 2.40. The molecule has 88 valence electrons. The van der Waals surface area contributed by atoms with E-state index in [0.717, 1.165) is 6.42 Å². The Kier molecular flexibility index (Phi) is 3.69. The molecule has 0 aromatic carbocycles. The maximum absolute atomic E-state index is 11.2. The molecule has 0 amide bonds. The summed E-state index contributed by atoms with van der Waals surface area (Å²) in [6, 6.07) is 0. The number of nitrogens with one attached hydrogen (secondary N) is 2. The van der Waals surface area contributed by atoms with Gasteiger partial charge in [-0.05, 0) is 12.8 Å². The van der Waals surface area contributed by atoms with Crippen molar-refractivity contribution in [2.45, 2.75) is 26.2 Å². The molecule has 1 aliphatic rings. The van der Waals surface area contributed by atoms with Crippen molar-refractivity contribution in [3.05, 3.63) is 0 Å². The van der Waals surface area contributed by atoms with Crippen molar-refractivity contribution in [1.29, 1.82) is 0 Å². The highest BCUT2D eigenvalue weighted by Gasteiger charge is 2.44. The fourth-order valence-electron chi connectivity index (χ4n) is 1.54. The molecule has 0 atom stereocenters. The second-order valence-corrected chi connectivity index (χ2v) is 5.35. The third-order valence-electron chi connectivity index (χ3n) is 2.70. The molecule has 0 radical (unpaired) electrons. The fraction of sp³-hybridized carbons (Fsp3) is 0.875. The standard InChI is InChI=1S/C8H16N2O4S/c1-2-9-15(13,14)10-6-8(7(11)12)4-3-5-8/h9-10H,2-6H2,1H3,(H,11,12). The highest BCUT2D eigenvalue weighted by molar-refractivity contribution is 7.87. The van der Waals surface area contributed by atoms with Crippen LogP contribution in [-0.4, -0.2) is 32.6 Å². The number of aliphatic carboxylic acids is 1. The Morgan fingerprint density at radius 3 is 2.33 bits per heavy atom. The Hall–Kier alpha value is -0.660. The van der Waals surface area contributed by atoms with Gasteiger partial charge >= 0.3 is 5.97 Å². The van der Waals surface area contributed by atoms with Gasteiger partial charge in [-0.15, -0.1) is 0 Å². The topological polar surface area (TPSA) is 95.5 Å². The predicted molar refractivity (Wildman–Crippen MR) is 54.5 cm³/mol. The number of hydrogen-bond donors (Lipinski definition) is 3. The Labute approximate surface area is 89.2 Å². The van der Waals surface area contributed by atoms with Gasteiger partial charge in [0.2, 0.25) is 0 Å². The van der Waals surface area contributed by atoms with E-state index < -0.39 is 21.6 Å². The minimum atomic E-state index is -3.54. The molecule has 0 aliphatic heterocycles. The van der Waals surface area contributed by atoms with Crippen molar-refractivity contribution >= 4 is 16.2 Å². The summed E-state index contributed by atoms with van der Waals surface area (Å²) < 4.78 is 27.0. The molecular weight excluding hydrogens is 220 g/mol. The van der Waals surface area contributed by atoms with Crippen LogP contribution < -0.4 is 9.44 Å². The van der Waals surface area contributed by atoms with Gasteiger partial charge in [-0.25, -0.2) is 9.44 Å². The quantitative estimate of drug-likeness (QED) is 0.589. The first-order chi connectivity index (χ1) is 6.92. The zero-order valence-electron chi connectivity index (χ0n) is 8.62. The van der Waals surface area contributed by atoms with Crippen LogP contribution in [0.2, 0.25) is 0 Å². The third-order valence-corrected chi connectivity index (χ3v) is 3.89. The van der Waals surface area contributed by atoms with Gasteiger partial charge in [0.1, 0.15) is 0 Å². The second kappa shape index (κ2) is 4.46. The predicted octanol–water partition coefficient (Wildman–Crippen LogP) is -0.315. The molecule has 0 saturated heterocycles. The van der Waals surface area contributed by atoms with Crippen molar-refractivity contribution in [1.82, 2.24) is 9.44 Å². The van der Waals surface area contributed by atoms with Crippen molar-refractivity contribution in [2.75, 3.05) is 13.1 Å². The largest absolute Gasteiger partial charge is 0.481 e. The van der Waals surface area contributed by atoms with Crippen LogP contribution in [0.25, 0.3) is 0 Å². The number of carbonyl (C=O) groups is 1. The monoisotopic (exact) mass is 236 g/mol. The van der Waals surface area contributed by atoms with Gasteiger partial charge in [0.25, 0.3) is 10.2 Å². The molecule has 1 saturated carbocycles. The Morgan fingerprint density at radius 1 is 1.40 bits per heavy atom. The summed E-state index contributed by atoms with van der Waals surface area (Å²) in [7, 11) is -3.54. The van der Waals surface area contributed by atoms with Crippen LogP contribution in [0.15, 0.2) is 0 Å². The van der Waals surface area contributed by atoms with E-state index in [4.69, 9.17) is 5.11 Å². The van der Waals surface area contributed by atoms with Crippen LogP contribution in [0.3, 0.4) is 0 Å². The van der Waals surface area contributed by atoms with Gasteiger partial charge in [-0.2, -0.15) is 8.42 Å². The minimum absolute atomic E-state index is 0.0301. The summed E-state index contributed by atoms with van der Waals surface area (Å²) in [6.07, 6.45) is 1.92. The van der Waals surface area contributed by atoms with Crippen molar-refractivity contribution in [3.63, 3.8) is 0 Å². The van der Waals surface area contributed by atoms with E-state index in [2.05, 4.69) is 9.44 Å². The van der Waals surface area contributed by atoms with E-state index >= 15 is 0 Å². The van der Waals surface area contributed by atoms with E-state index in [1.54, 1.807) is 6.92 Å². The molecule has 0 aromatic rings. The van der Waals surface area contributed by atoms with Crippen LogP contribution in [0.4, 0.5) is 0 Å². The number of carboxylic acids is 1. The summed E-state index contributed by atoms with van der Waals surface area (Å²) in [4.78, 5) is 10.9. The lowest BCUT2D eigenvalue weighted by molar-refractivity contribution is -0.153. The highest BCUT2D eigenvalue weighted by atomic mass is 32.2. The Balaban J connectivity index is 2.52. The molecule has 7 heteroatoms. The normalized spacial score (nSPS) is 19.5. The number of rotatable bonds is 6. The zero-order chi connectivity index (χ0) is 11.5. The zero-order valence-corrected chi connectivity index (χ0v) is 9.43. The molecule has 0 spiro atoms. The Morgan fingerprint density at radius 2 is 2.00 bits per heavy atom. The van der Waals surface area contributed by atoms with Crippen molar-refractivity contribution in [3.8, 4) is 0 Å². The van der Waals surface area contributed by atoms with Gasteiger partial charge in [0, 0.05) is 13.1 Å². The van der Waals surface area contributed by atoms with Crippen LogP contribution in [0, 0.1) is 5.41 Å². The average molecular weight is 236 g/mol.